The molecule has 0 radical (unpaired) electrons. The lowest BCUT2D eigenvalue weighted by Crippen LogP contribution is -2.46. The predicted octanol–water partition coefficient (Wildman–Crippen LogP) is 1.80. The molecule has 1 aliphatic rings. The average Bonchev–Trinajstić information content (AvgIpc) is 2.58. The van der Waals surface area contributed by atoms with Gasteiger partial charge in [0.1, 0.15) is 6.54 Å². The molecule has 5 nitrogen and oxygen atoms in total. The van der Waals surface area contributed by atoms with Gasteiger partial charge in [-0.3, -0.25) is 14.5 Å². The van der Waals surface area contributed by atoms with Crippen LogP contribution in [0.3, 0.4) is 0 Å². The second-order valence-electron chi connectivity index (χ2n) is 5.44. The maximum atomic E-state index is 12.1. The third kappa shape index (κ3) is 3.69. The normalized spacial score (nSPS) is 13.2. The highest BCUT2D eigenvalue weighted by molar-refractivity contribution is 6.05. The van der Waals surface area contributed by atoms with Gasteiger partial charge in [0.2, 0.25) is 11.8 Å². The molecule has 23 heavy (non-hydrogen) atoms. The lowest BCUT2D eigenvalue weighted by molar-refractivity contribution is -0.123. The zero-order valence-electron chi connectivity index (χ0n) is 12.8. The van der Waals surface area contributed by atoms with Crippen LogP contribution >= 0.6 is 0 Å². The van der Waals surface area contributed by atoms with Gasteiger partial charge in [-0.05, 0) is 24.1 Å². The molecule has 0 bridgehead atoms. The number of anilines is 2. The third-order valence-electron chi connectivity index (χ3n) is 3.81. The van der Waals surface area contributed by atoms with Crippen LogP contribution in [0, 0.1) is 0 Å². The zero-order chi connectivity index (χ0) is 16.1. The number of amides is 2. The summed E-state index contributed by atoms with van der Waals surface area (Å²) in [6, 6.07) is 17.5. The molecule has 3 rings (SSSR count). The maximum Gasteiger partial charge on any atom is 0.246 e. The molecule has 5 heteroatoms. The minimum Gasteiger partial charge on any atom is -0.374 e. The van der Waals surface area contributed by atoms with Gasteiger partial charge in [-0.2, -0.15) is 0 Å². The van der Waals surface area contributed by atoms with E-state index in [-0.39, 0.29) is 24.9 Å². The van der Waals surface area contributed by atoms with E-state index in [9.17, 15) is 9.59 Å². The Labute approximate surface area is 135 Å². The Balaban J connectivity index is 1.56. The van der Waals surface area contributed by atoms with Gasteiger partial charge in [-0.25, -0.2) is 0 Å². The predicted molar refractivity (Wildman–Crippen MR) is 90.4 cm³/mol. The zero-order valence-corrected chi connectivity index (χ0v) is 12.8. The highest BCUT2D eigenvalue weighted by Crippen LogP contribution is 2.28. The highest BCUT2D eigenvalue weighted by atomic mass is 16.2. The van der Waals surface area contributed by atoms with Crippen molar-refractivity contribution in [2.45, 2.75) is 6.42 Å². The Kier molecular flexibility index (Phi) is 4.57. The first-order valence-electron chi connectivity index (χ1n) is 7.68. The summed E-state index contributed by atoms with van der Waals surface area (Å²) >= 11 is 0. The lowest BCUT2D eigenvalue weighted by Gasteiger charge is -2.29. The molecule has 0 aromatic heterocycles. The summed E-state index contributed by atoms with van der Waals surface area (Å²) in [7, 11) is 0. The second kappa shape index (κ2) is 6.96. The summed E-state index contributed by atoms with van der Waals surface area (Å²) in [6.45, 7) is 0.825. The summed E-state index contributed by atoms with van der Waals surface area (Å²) in [6.07, 6.45) is 0.776. The monoisotopic (exact) mass is 309 g/mol. The fourth-order valence-corrected chi connectivity index (χ4v) is 2.62. The van der Waals surface area contributed by atoms with Crippen molar-refractivity contribution in [2.75, 3.05) is 29.9 Å². The first-order chi connectivity index (χ1) is 11.2. The first-order valence-corrected chi connectivity index (χ1v) is 7.68. The molecule has 1 heterocycles. The van der Waals surface area contributed by atoms with Gasteiger partial charge in [-0.1, -0.05) is 42.5 Å². The molecule has 0 aliphatic carbocycles. The van der Waals surface area contributed by atoms with Crippen LogP contribution in [0.25, 0.3) is 0 Å². The number of carbonyl (C=O) groups excluding carboxylic acids is 2. The van der Waals surface area contributed by atoms with Crippen molar-refractivity contribution in [2.24, 2.45) is 0 Å². The largest absolute Gasteiger partial charge is 0.374 e. The van der Waals surface area contributed by atoms with Crippen molar-refractivity contribution in [1.29, 1.82) is 0 Å². The van der Waals surface area contributed by atoms with Crippen LogP contribution in [0.4, 0.5) is 11.4 Å². The molecule has 0 spiro atoms. The average molecular weight is 309 g/mol. The summed E-state index contributed by atoms with van der Waals surface area (Å²) in [5, 5.41) is 5.93. The van der Waals surface area contributed by atoms with Gasteiger partial charge in [0, 0.05) is 6.54 Å². The first kappa shape index (κ1) is 15.1. The van der Waals surface area contributed by atoms with Gasteiger partial charge < -0.3 is 10.6 Å². The Morgan fingerprint density at radius 2 is 1.83 bits per heavy atom. The highest BCUT2D eigenvalue weighted by Gasteiger charge is 2.25. The molecule has 0 atom stereocenters. The Hall–Kier alpha value is -2.82. The van der Waals surface area contributed by atoms with Crippen molar-refractivity contribution in [3.63, 3.8) is 0 Å². The van der Waals surface area contributed by atoms with Crippen LogP contribution in [0.1, 0.15) is 5.56 Å². The smallest absolute Gasteiger partial charge is 0.246 e. The van der Waals surface area contributed by atoms with Crippen LogP contribution in [-0.2, 0) is 16.0 Å². The van der Waals surface area contributed by atoms with Crippen molar-refractivity contribution in [3.8, 4) is 0 Å². The van der Waals surface area contributed by atoms with Crippen molar-refractivity contribution in [3.05, 3.63) is 60.2 Å². The van der Waals surface area contributed by atoms with Crippen molar-refractivity contribution < 1.29 is 9.59 Å². The summed E-state index contributed by atoms with van der Waals surface area (Å²) in [4.78, 5) is 25.7. The van der Waals surface area contributed by atoms with Gasteiger partial charge in [0.25, 0.3) is 0 Å². The number of fused-ring (bicyclic) bond motifs is 1. The molecule has 0 saturated heterocycles. The van der Waals surface area contributed by atoms with E-state index in [2.05, 4.69) is 10.6 Å². The number of rotatable bonds is 5. The summed E-state index contributed by atoms with van der Waals surface area (Å²) < 4.78 is 0. The van der Waals surface area contributed by atoms with Crippen molar-refractivity contribution in [1.82, 2.24) is 5.32 Å². The minimum absolute atomic E-state index is 0.0479. The molecule has 118 valence electrons. The SMILES string of the molecule is O=C(CN1C(=O)CNc2ccccc21)NCCc1ccccc1. The number of nitrogens with zero attached hydrogens (tertiary/aromatic N) is 1. The van der Waals surface area contributed by atoms with Crippen LogP contribution < -0.4 is 15.5 Å². The molecule has 0 fully saturated rings. The lowest BCUT2D eigenvalue weighted by atomic mass is 10.1. The Morgan fingerprint density at radius 1 is 1.09 bits per heavy atom. The second-order valence-corrected chi connectivity index (χ2v) is 5.44. The quantitative estimate of drug-likeness (QED) is 0.885. The van der Waals surface area contributed by atoms with Gasteiger partial charge >= 0.3 is 0 Å². The number of para-hydroxylation sites is 2. The third-order valence-corrected chi connectivity index (χ3v) is 3.81. The maximum absolute atomic E-state index is 12.1. The van der Waals surface area contributed by atoms with Gasteiger partial charge in [0.15, 0.2) is 0 Å². The van der Waals surface area contributed by atoms with Crippen LogP contribution in [0.15, 0.2) is 54.6 Å². The molecule has 2 N–H and O–H groups in total. The van der Waals surface area contributed by atoms with E-state index in [1.165, 1.54) is 10.5 Å². The molecule has 2 aromatic carbocycles. The van der Waals surface area contributed by atoms with E-state index in [0.717, 1.165) is 17.8 Å². The molecule has 2 aromatic rings. The number of hydrogen-bond acceptors (Lipinski definition) is 3. The van der Waals surface area contributed by atoms with Crippen LogP contribution in [0.5, 0.6) is 0 Å². The molecule has 2 amide bonds. The Bertz CT molecular complexity index is 700. The molecule has 0 saturated carbocycles. The van der Waals surface area contributed by atoms with E-state index >= 15 is 0 Å². The van der Waals surface area contributed by atoms with Crippen molar-refractivity contribution >= 4 is 23.2 Å². The van der Waals surface area contributed by atoms with E-state index in [4.69, 9.17) is 0 Å². The number of benzene rings is 2. The summed E-state index contributed by atoms with van der Waals surface area (Å²) in [5.41, 5.74) is 2.81. The number of hydrogen-bond donors (Lipinski definition) is 2. The molecular formula is C18H19N3O2. The topological polar surface area (TPSA) is 61.4 Å². The summed E-state index contributed by atoms with van der Waals surface area (Å²) in [5.74, 6) is -0.243. The van der Waals surface area contributed by atoms with E-state index < -0.39 is 0 Å². The van der Waals surface area contributed by atoms with Crippen LogP contribution in [0.2, 0.25) is 0 Å². The van der Waals surface area contributed by atoms with E-state index in [1.54, 1.807) is 0 Å². The Morgan fingerprint density at radius 3 is 2.65 bits per heavy atom. The fourth-order valence-electron chi connectivity index (χ4n) is 2.62. The fraction of sp³-hybridized carbons (Fsp3) is 0.222. The number of nitrogens with one attached hydrogen (secondary N) is 2. The van der Waals surface area contributed by atoms with Crippen LogP contribution in [-0.4, -0.2) is 31.4 Å². The molecular weight excluding hydrogens is 290 g/mol. The van der Waals surface area contributed by atoms with E-state index in [1.807, 2.05) is 54.6 Å². The molecule has 0 unspecified atom stereocenters. The standard InChI is InChI=1S/C18H19N3O2/c22-17(19-11-10-14-6-2-1-3-7-14)13-21-16-9-5-4-8-15(16)20-12-18(21)23/h1-9,20H,10-13H2,(H,19,22). The number of carbonyl (C=O) groups is 2. The molecule has 1 aliphatic heterocycles. The van der Waals surface area contributed by atoms with Gasteiger partial charge in [-0.15, -0.1) is 0 Å². The minimum atomic E-state index is -0.147. The van der Waals surface area contributed by atoms with Gasteiger partial charge in [0.05, 0.1) is 17.9 Å². The van der Waals surface area contributed by atoms with E-state index in [0.29, 0.717) is 6.54 Å².